The summed E-state index contributed by atoms with van der Waals surface area (Å²) in [4.78, 5) is 12.2. The average Bonchev–Trinajstić information content (AvgIpc) is 2.31. The molecule has 0 aliphatic rings. The molecule has 18 heavy (non-hydrogen) atoms. The number of ketones is 1. The van der Waals surface area contributed by atoms with Crippen molar-refractivity contribution in [2.75, 3.05) is 0 Å². The van der Waals surface area contributed by atoms with Crippen LogP contribution in [0, 0.1) is 5.82 Å². The van der Waals surface area contributed by atoms with Gasteiger partial charge in [0, 0.05) is 19.5 Å². The van der Waals surface area contributed by atoms with Crippen LogP contribution in [0.4, 0.5) is 4.39 Å². The van der Waals surface area contributed by atoms with E-state index < -0.39 is 11.6 Å². The quantitative estimate of drug-likeness (QED) is 0.639. The van der Waals surface area contributed by atoms with Crippen LogP contribution in [-0.2, 0) is 0 Å². The average molecular weight is 392 g/mol. The van der Waals surface area contributed by atoms with Gasteiger partial charge < -0.3 is 0 Å². The lowest BCUT2D eigenvalue weighted by Gasteiger charge is -2.06. The van der Waals surface area contributed by atoms with Gasteiger partial charge in [-0.1, -0.05) is 43.5 Å². The molecule has 5 heteroatoms. The maximum atomic E-state index is 13.7. The van der Waals surface area contributed by atoms with Crippen molar-refractivity contribution in [1.29, 1.82) is 0 Å². The number of hydrogen-bond acceptors (Lipinski definition) is 1. The molecule has 0 unspecified atom stereocenters. The summed E-state index contributed by atoms with van der Waals surface area (Å²) in [7, 11) is 0. The Morgan fingerprint density at radius 1 is 1.06 bits per heavy atom. The number of carbonyl (C=O) groups excluding carboxylic acids is 1. The second-order valence-corrected chi connectivity index (χ2v) is 5.78. The van der Waals surface area contributed by atoms with E-state index in [1.165, 1.54) is 12.1 Å². The van der Waals surface area contributed by atoms with Gasteiger partial charge >= 0.3 is 0 Å². The zero-order chi connectivity index (χ0) is 13.3. The Hall–Kier alpha value is -0.710. The molecule has 0 saturated carbocycles. The van der Waals surface area contributed by atoms with Crippen molar-refractivity contribution in [1.82, 2.24) is 0 Å². The Balaban J connectivity index is 2.51. The second kappa shape index (κ2) is 5.51. The zero-order valence-corrected chi connectivity index (χ0v) is 12.8. The van der Waals surface area contributed by atoms with E-state index >= 15 is 0 Å². The van der Waals surface area contributed by atoms with E-state index in [0.29, 0.717) is 10.0 Å². The molecule has 0 aliphatic carbocycles. The summed E-state index contributed by atoms with van der Waals surface area (Å²) < 4.78 is 15.1. The lowest BCUT2D eigenvalue weighted by molar-refractivity contribution is 0.103. The van der Waals surface area contributed by atoms with Crippen LogP contribution in [0.1, 0.15) is 15.9 Å². The number of benzene rings is 2. The van der Waals surface area contributed by atoms with Gasteiger partial charge in [-0.15, -0.1) is 0 Å². The highest BCUT2D eigenvalue weighted by Gasteiger charge is 2.17. The third-order valence-electron chi connectivity index (χ3n) is 2.35. The Morgan fingerprint density at radius 2 is 1.78 bits per heavy atom. The lowest BCUT2D eigenvalue weighted by atomic mass is 10.0. The molecule has 92 valence electrons. The minimum Gasteiger partial charge on any atom is -0.288 e. The minimum absolute atomic E-state index is 0.00167. The standard InChI is InChI=1S/C13H6Br2ClFO/c14-7-1-4-11(15)10(5-7)13(18)9-3-2-8(16)6-12(9)17/h1-6H. The molecule has 2 aromatic carbocycles. The van der Waals surface area contributed by atoms with Crippen LogP contribution >= 0.6 is 43.5 Å². The van der Waals surface area contributed by atoms with Gasteiger partial charge in [-0.3, -0.25) is 4.79 Å². The lowest BCUT2D eigenvalue weighted by Crippen LogP contribution is -2.05. The van der Waals surface area contributed by atoms with E-state index in [1.54, 1.807) is 18.2 Å². The van der Waals surface area contributed by atoms with Crippen LogP contribution in [0.2, 0.25) is 5.02 Å². The summed E-state index contributed by atoms with van der Waals surface area (Å²) in [5, 5.41) is 0.261. The van der Waals surface area contributed by atoms with Crippen molar-refractivity contribution in [3.05, 3.63) is 67.3 Å². The Labute approximate surface area is 125 Å². The molecule has 0 amide bonds. The molecule has 0 spiro atoms. The molecule has 0 aromatic heterocycles. The molecule has 0 atom stereocenters. The summed E-state index contributed by atoms with van der Waals surface area (Å²) in [6.45, 7) is 0. The number of hydrogen-bond donors (Lipinski definition) is 0. The fraction of sp³-hybridized carbons (Fsp3) is 0. The molecule has 0 saturated heterocycles. The van der Waals surface area contributed by atoms with Gasteiger partial charge in [0.25, 0.3) is 0 Å². The normalized spacial score (nSPS) is 10.4. The van der Waals surface area contributed by atoms with E-state index in [2.05, 4.69) is 31.9 Å². The van der Waals surface area contributed by atoms with Crippen molar-refractivity contribution < 1.29 is 9.18 Å². The van der Waals surface area contributed by atoms with Gasteiger partial charge in [0.1, 0.15) is 5.82 Å². The van der Waals surface area contributed by atoms with E-state index in [-0.39, 0.29) is 10.6 Å². The van der Waals surface area contributed by atoms with Crippen LogP contribution in [0.25, 0.3) is 0 Å². The molecule has 2 aromatic rings. The molecule has 0 aliphatic heterocycles. The number of carbonyl (C=O) groups is 1. The Morgan fingerprint density at radius 3 is 2.44 bits per heavy atom. The molecule has 0 bridgehead atoms. The number of rotatable bonds is 2. The molecule has 0 fully saturated rings. The van der Waals surface area contributed by atoms with E-state index in [9.17, 15) is 9.18 Å². The van der Waals surface area contributed by atoms with Gasteiger partial charge in [0.15, 0.2) is 5.78 Å². The molecule has 0 radical (unpaired) electrons. The molecular weight excluding hydrogens is 386 g/mol. The summed E-state index contributed by atoms with van der Waals surface area (Å²) in [6, 6.07) is 9.16. The van der Waals surface area contributed by atoms with E-state index in [1.807, 2.05) is 0 Å². The second-order valence-electron chi connectivity index (χ2n) is 3.58. The van der Waals surface area contributed by atoms with Gasteiger partial charge in [0.05, 0.1) is 5.56 Å². The largest absolute Gasteiger partial charge is 0.288 e. The van der Waals surface area contributed by atoms with Crippen LogP contribution in [-0.4, -0.2) is 5.78 Å². The van der Waals surface area contributed by atoms with Crippen molar-refractivity contribution in [3.8, 4) is 0 Å². The third-order valence-corrected chi connectivity index (χ3v) is 3.77. The summed E-state index contributed by atoms with van der Waals surface area (Å²) in [6.07, 6.45) is 0. The van der Waals surface area contributed by atoms with Crippen molar-refractivity contribution >= 4 is 49.2 Å². The van der Waals surface area contributed by atoms with Crippen LogP contribution in [0.5, 0.6) is 0 Å². The molecule has 0 N–H and O–H groups in total. The topological polar surface area (TPSA) is 17.1 Å². The highest BCUT2D eigenvalue weighted by atomic mass is 79.9. The SMILES string of the molecule is O=C(c1ccc(Cl)cc1F)c1cc(Br)ccc1Br. The highest BCUT2D eigenvalue weighted by molar-refractivity contribution is 9.11. The predicted molar refractivity (Wildman–Crippen MR) is 76.7 cm³/mol. The highest BCUT2D eigenvalue weighted by Crippen LogP contribution is 2.25. The van der Waals surface area contributed by atoms with Crippen molar-refractivity contribution in [2.45, 2.75) is 0 Å². The van der Waals surface area contributed by atoms with Crippen LogP contribution in [0.3, 0.4) is 0 Å². The molecule has 2 rings (SSSR count). The van der Waals surface area contributed by atoms with Crippen LogP contribution in [0.15, 0.2) is 45.3 Å². The monoisotopic (exact) mass is 390 g/mol. The minimum atomic E-state index is -0.626. The Kier molecular flexibility index (Phi) is 4.20. The van der Waals surface area contributed by atoms with E-state index in [4.69, 9.17) is 11.6 Å². The first-order chi connectivity index (χ1) is 8.49. The van der Waals surface area contributed by atoms with Crippen LogP contribution < -0.4 is 0 Å². The van der Waals surface area contributed by atoms with Gasteiger partial charge in [-0.2, -0.15) is 0 Å². The maximum absolute atomic E-state index is 13.7. The van der Waals surface area contributed by atoms with Gasteiger partial charge in [0.2, 0.25) is 0 Å². The fourth-order valence-corrected chi connectivity index (χ4v) is 2.44. The first-order valence-electron chi connectivity index (χ1n) is 4.94. The smallest absolute Gasteiger partial charge is 0.197 e. The Bertz CT molecular complexity index is 628. The molecular formula is C13H6Br2ClFO. The van der Waals surface area contributed by atoms with Crippen molar-refractivity contribution in [3.63, 3.8) is 0 Å². The van der Waals surface area contributed by atoms with Gasteiger partial charge in [-0.05, 0) is 36.4 Å². The van der Waals surface area contributed by atoms with E-state index in [0.717, 1.165) is 10.5 Å². The fourth-order valence-electron chi connectivity index (χ4n) is 1.49. The first-order valence-corrected chi connectivity index (χ1v) is 6.90. The predicted octanol–water partition coefficient (Wildman–Crippen LogP) is 5.24. The summed E-state index contributed by atoms with van der Waals surface area (Å²) in [5.41, 5.74) is 0.392. The zero-order valence-electron chi connectivity index (χ0n) is 8.88. The van der Waals surface area contributed by atoms with Crippen molar-refractivity contribution in [2.24, 2.45) is 0 Å². The first kappa shape index (κ1) is 13.7. The molecule has 0 heterocycles. The van der Waals surface area contributed by atoms with Gasteiger partial charge in [-0.25, -0.2) is 4.39 Å². The summed E-state index contributed by atoms with van der Waals surface area (Å²) >= 11 is 12.2. The maximum Gasteiger partial charge on any atom is 0.197 e. The molecule has 1 nitrogen and oxygen atoms in total. The summed E-state index contributed by atoms with van der Waals surface area (Å²) in [5.74, 6) is -1.02. The number of halogens is 4. The third kappa shape index (κ3) is 2.82.